The molecule has 0 bridgehead atoms. The van der Waals surface area contributed by atoms with Crippen LogP contribution in [0.2, 0.25) is 5.02 Å². The van der Waals surface area contributed by atoms with Gasteiger partial charge in [-0.3, -0.25) is 57.5 Å². The summed E-state index contributed by atoms with van der Waals surface area (Å²) in [7, 11) is 11.7. The fraction of sp³-hybridized carbons (Fsp3) is 0.425. The molecular weight excluding hydrogens is 1740 g/mol. The van der Waals surface area contributed by atoms with Gasteiger partial charge in [0.2, 0.25) is 35.3 Å². The van der Waals surface area contributed by atoms with Crippen molar-refractivity contribution in [1.82, 2.24) is 83.3 Å². The van der Waals surface area contributed by atoms with Crippen LogP contribution in [0.4, 0.5) is 34.4 Å². The third-order valence-corrected chi connectivity index (χ3v) is 21.8. The van der Waals surface area contributed by atoms with Gasteiger partial charge in [0, 0.05) is 151 Å². The Bertz CT molecular complexity index is 5630. The number of benzene rings is 2. The summed E-state index contributed by atoms with van der Waals surface area (Å²) in [6, 6.07) is 18.6. The Balaban J connectivity index is 0.445. The molecule has 42 nitrogen and oxygen atoms in total. The van der Waals surface area contributed by atoms with Crippen LogP contribution in [0.15, 0.2) is 115 Å². The zero-order chi connectivity index (χ0) is 93.5. The number of halogens is 1. The largest absolute Gasteiger partial charge is 0.491 e. The number of carbonyl (C=O) groups is 10. The summed E-state index contributed by atoms with van der Waals surface area (Å²) < 4.78 is 55.9. The maximum atomic E-state index is 13.6. The second-order valence-corrected chi connectivity index (χ2v) is 32.1. The zero-order valence-corrected chi connectivity index (χ0v) is 76.3. The molecule has 2 aromatic carbocycles. The Morgan fingerprint density at radius 2 is 0.908 bits per heavy atom. The molecule has 10 amide bonds. The molecule has 1 aliphatic heterocycles. The van der Waals surface area contributed by atoms with Crippen molar-refractivity contribution in [3.63, 3.8) is 0 Å². The van der Waals surface area contributed by atoms with Gasteiger partial charge in [0.05, 0.1) is 115 Å². The van der Waals surface area contributed by atoms with Crippen LogP contribution >= 0.6 is 22.9 Å². The minimum atomic E-state index is -0.644. The van der Waals surface area contributed by atoms with E-state index < -0.39 is 47.4 Å². The predicted molar refractivity (Wildman–Crippen MR) is 487 cm³/mol. The number of thiophene rings is 1. The molecule has 700 valence electrons. The molecule has 0 aliphatic carbocycles. The molecule has 9 heterocycles. The molecular formula is C87H111ClN24O18S. The van der Waals surface area contributed by atoms with Crippen molar-refractivity contribution in [2.24, 2.45) is 47.3 Å². The van der Waals surface area contributed by atoms with Crippen LogP contribution in [0.5, 0.6) is 5.75 Å². The van der Waals surface area contributed by atoms with E-state index in [-0.39, 0.29) is 109 Å². The number of imidazole rings is 3. The molecule has 0 radical (unpaired) electrons. The first-order valence-corrected chi connectivity index (χ1v) is 43.6. The number of amides is 10. The second kappa shape index (κ2) is 49.1. The number of hydrogen-bond donors (Lipinski definition) is 10. The number of carbonyl (C=O) groups excluding carboxylic acids is 10. The van der Waals surface area contributed by atoms with Gasteiger partial charge >= 0.3 is 0 Å². The quantitative estimate of drug-likeness (QED) is 0.0193. The fourth-order valence-electron chi connectivity index (χ4n) is 13.6. The van der Waals surface area contributed by atoms with Crippen LogP contribution in [0.3, 0.4) is 0 Å². The Labute approximate surface area is 764 Å². The molecule has 0 spiro atoms. The monoisotopic (exact) mass is 1850 g/mol. The van der Waals surface area contributed by atoms with Crippen molar-refractivity contribution in [2.45, 2.75) is 58.9 Å². The number of ether oxygens (including phenoxy) is 8. The lowest BCUT2D eigenvalue weighted by atomic mass is 9.99. The number of aryl methyl sites for hydroxylation is 8. The second-order valence-electron chi connectivity index (χ2n) is 30.5. The molecule has 1 aliphatic rings. The molecule has 44 heteroatoms. The summed E-state index contributed by atoms with van der Waals surface area (Å²) in [5.74, 6) is -2.27. The fourth-order valence-corrected chi connectivity index (χ4v) is 14.9. The number of nitrogens with zero attached hydrogens (tertiary/aromatic N) is 14. The van der Waals surface area contributed by atoms with Crippen LogP contribution in [0.25, 0.3) is 5.00 Å². The topological polar surface area (TPSA) is 479 Å². The van der Waals surface area contributed by atoms with E-state index in [4.69, 9.17) is 54.5 Å². The van der Waals surface area contributed by atoms with Crippen LogP contribution in [-0.4, -0.2) is 272 Å². The predicted octanol–water partition coefficient (Wildman–Crippen LogP) is 6.07. The van der Waals surface area contributed by atoms with E-state index in [0.29, 0.717) is 164 Å². The van der Waals surface area contributed by atoms with Gasteiger partial charge in [-0.05, 0) is 114 Å². The number of aromatic nitrogens is 12. The summed E-state index contributed by atoms with van der Waals surface area (Å²) >= 11 is 7.92. The van der Waals surface area contributed by atoms with Gasteiger partial charge < -0.3 is 123 Å². The van der Waals surface area contributed by atoms with Gasteiger partial charge in [-0.2, -0.15) is 0 Å². The molecule has 10 aromatic rings. The van der Waals surface area contributed by atoms with E-state index in [1.165, 1.54) is 61.3 Å². The minimum absolute atomic E-state index is 0.0327. The van der Waals surface area contributed by atoms with Gasteiger partial charge in [-0.1, -0.05) is 23.7 Å². The lowest BCUT2D eigenvalue weighted by molar-refractivity contribution is -0.126. The lowest BCUT2D eigenvalue weighted by Crippen LogP contribution is -2.32. The van der Waals surface area contributed by atoms with Crippen LogP contribution < -0.4 is 57.9 Å². The Morgan fingerprint density at radius 3 is 1.38 bits per heavy atom. The lowest BCUT2D eigenvalue weighted by Gasteiger charge is -2.17. The zero-order valence-electron chi connectivity index (χ0n) is 74.8. The first-order valence-electron chi connectivity index (χ1n) is 42.4. The molecule has 0 fully saturated rings. The summed E-state index contributed by atoms with van der Waals surface area (Å²) in [6.07, 6.45) is 11.8. The van der Waals surface area contributed by atoms with Crippen molar-refractivity contribution in [2.75, 3.05) is 177 Å². The Kier molecular flexibility index (Phi) is 36.9. The SMILES string of the molecule is Cc1sc2c(c1C)C(c1ccc(Cl)cc1)=NC(CC(=O)Nc1ccc(OCCOCCOCCOCCOCCOCCOCCOCC(=O)NCCCN(C)CCCNC(=O)c3cc(NC(=O)c4nc(NC(=O)CCNC(=O)c5cc(NC(=O)c6nc(NC(=O)CCNC(=O)c7cc(NC(=O)c8nccn8C)cn7C)cn6C)cn5C)cn4C)cn3C)cc1)c1nnc(C)n1-2. The maximum Gasteiger partial charge on any atom is 0.291 e. The van der Waals surface area contributed by atoms with Gasteiger partial charge in [0.25, 0.3) is 35.4 Å². The van der Waals surface area contributed by atoms with Gasteiger partial charge in [0.1, 0.15) is 52.9 Å². The van der Waals surface area contributed by atoms with Gasteiger partial charge in [0.15, 0.2) is 23.3 Å². The van der Waals surface area contributed by atoms with E-state index in [2.05, 4.69) is 97.1 Å². The van der Waals surface area contributed by atoms with Crippen LogP contribution in [-0.2, 0) is 94.6 Å². The van der Waals surface area contributed by atoms with E-state index in [1.54, 1.807) is 106 Å². The first kappa shape index (κ1) is 98.5. The normalized spacial score (nSPS) is 12.2. The first-order chi connectivity index (χ1) is 63.1. The molecule has 0 saturated carbocycles. The van der Waals surface area contributed by atoms with E-state index >= 15 is 0 Å². The summed E-state index contributed by atoms with van der Waals surface area (Å²) in [5, 5.41) is 38.0. The average Bonchev–Trinajstić information content (AvgIpc) is 1.59. The molecule has 8 aromatic heterocycles. The average molecular weight is 1850 g/mol. The van der Waals surface area contributed by atoms with Crippen LogP contribution in [0, 0.1) is 20.8 Å². The van der Waals surface area contributed by atoms with Crippen molar-refractivity contribution in [3.8, 4) is 10.8 Å². The van der Waals surface area contributed by atoms with Crippen molar-refractivity contribution in [1.29, 1.82) is 0 Å². The van der Waals surface area contributed by atoms with Crippen molar-refractivity contribution in [3.05, 3.63) is 183 Å². The Morgan fingerprint density at radius 1 is 0.458 bits per heavy atom. The molecule has 11 rings (SSSR count). The van der Waals surface area contributed by atoms with E-state index in [0.717, 1.165) is 38.1 Å². The van der Waals surface area contributed by atoms with E-state index in [1.807, 2.05) is 42.8 Å². The highest BCUT2D eigenvalue weighted by molar-refractivity contribution is 7.15. The highest BCUT2D eigenvalue weighted by Gasteiger charge is 2.33. The van der Waals surface area contributed by atoms with Gasteiger partial charge in [-0.15, -0.1) is 21.5 Å². The number of nitrogens with one attached hydrogen (secondary N) is 10. The Hall–Kier alpha value is -13.1. The molecule has 10 N–H and O–H groups in total. The van der Waals surface area contributed by atoms with E-state index in [9.17, 15) is 47.9 Å². The maximum absolute atomic E-state index is 13.6. The molecule has 131 heavy (non-hydrogen) atoms. The molecule has 1 unspecified atom stereocenters. The standard InChI is InChI=1S/C87H111ClN24O18S/c1-55-56(2)131-87-75(55)76(58-13-15-59(88)16-14-58)98-65(77-104-103-57(3)112(77)87)48-73(115)94-60-17-19-64(20-18-60)130-44-43-128-40-39-126-36-35-124-32-31-123-33-34-125-37-38-127-41-42-129-54-74(116)89-23-11-28-105(4)29-12-24-91-81(117)66-46-62(50-107(66)6)96-85(121)79-101-69(52-110(79)9)99-72(114)22-26-93-83(119)68-47-63(51-109(68)8)97-86(122)80-102-70(53-111(80)10)100-71(113)21-25-92-82(118)67-45-61(49-108(67)7)95-84(120)78-90-27-30-106(78)5/h13-20,27,30,45-47,49-53,65H,11-12,21-26,28-29,31-44,48,54H2,1-10H3,(H,89,116)(H,91,117)(H,92,118)(H,93,119)(H,94,115)(H,95,120)(H,96,121)(H,97,122)(H,99,114)(H,100,113). The number of aliphatic imine (C=N–C) groups is 1. The minimum Gasteiger partial charge on any atom is -0.491 e. The van der Waals surface area contributed by atoms with Crippen molar-refractivity contribution < 1.29 is 85.8 Å². The number of fused-ring (bicyclic) bond motifs is 3. The molecule has 0 saturated heterocycles. The van der Waals surface area contributed by atoms with Crippen molar-refractivity contribution >= 4 is 122 Å². The number of anilines is 6. The summed E-state index contributed by atoms with van der Waals surface area (Å²) in [4.78, 5) is 151. The van der Waals surface area contributed by atoms with Gasteiger partial charge in [-0.25, -0.2) is 15.0 Å². The third-order valence-electron chi connectivity index (χ3n) is 20.4. The van der Waals surface area contributed by atoms with Crippen LogP contribution in [0.1, 0.15) is 135 Å². The summed E-state index contributed by atoms with van der Waals surface area (Å²) in [5.41, 5.74) is 6.09. The number of rotatable bonds is 53. The smallest absolute Gasteiger partial charge is 0.291 e. The number of hydrogen-bond acceptors (Lipinski definition) is 26. The summed E-state index contributed by atoms with van der Waals surface area (Å²) in [6.45, 7) is 13.4. The third kappa shape index (κ3) is 29.2. The molecule has 1 atom stereocenters. The highest BCUT2D eigenvalue weighted by atomic mass is 35.5. The highest BCUT2D eigenvalue weighted by Crippen LogP contribution is 2.40.